The lowest BCUT2D eigenvalue weighted by atomic mass is 9.93. The molecule has 0 aromatic carbocycles. The van der Waals surface area contributed by atoms with Gasteiger partial charge in [-0.15, -0.1) is 0 Å². The Bertz CT molecular complexity index is 726. The van der Waals surface area contributed by atoms with Crippen molar-refractivity contribution in [2.45, 2.75) is 50.9 Å². The van der Waals surface area contributed by atoms with Gasteiger partial charge in [0.15, 0.2) is 0 Å². The number of nitrogens with one attached hydrogen (secondary N) is 4. The number of carboxylic acid groups (broad SMARTS) is 2. The van der Waals surface area contributed by atoms with E-state index in [1.54, 1.807) is 0 Å². The van der Waals surface area contributed by atoms with Gasteiger partial charge in [0.1, 0.15) is 24.2 Å². The maximum absolute atomic E-state index is 12.0. The summed E-state index contributed by atoms with van der Waals surface area (Å²) in [6.45, 7) is 2.87. The standard InChI is InChI=1S/C16H20N4O8/c1-5-11(21)19-9(13(23)17-5)3-7(15(25)26)8(16(27)28)4-10-14(24)18-6(2)12(22)20-10/h5-6,9-10H,3-4H2,1-2H3,(H,17,23)(H,18,24)(H,19,21)(H,20,22)(H,25,26)(H,27,28)/b8-7+/t5-,6-,9-,10-/m0/s1. The van der Waals surface area contributed by atoms with Gasteiger partial charge in [-0.3, -0.25) is 19.2 Å². The van der Waals surface area contributed by atoms with E-state index in [0.29, 0.717) is 0 Å². The second kappa shape index (κ2) is 8.06. The summed E-state index contributed by atoms with van der Waals surface area (Å²) < 4.78 is 0. The molecule has 2 aliphatic heterocycles. The van der Waals surface area contributed by atoms with Gasteiger partial charge in [-0.05, 0) is 13.8 Å². The van der Waals surface area contributed by atoms with Gasteiger partial charge in [-0.25, -0.2) is 9.59 Å². The Kier molecular flexibility index (Phi) is 6.01. The highest BCUT2D eigenvalue weighted by atomic mass is 16.4. The third-order valence-corrected chi connectivity index (χ3v) is 4.47. The summed E-state index contributed by atoms with van der Waals surface area (Å²) >= 11 is 0. The Morgan fingerprint density at radius 3 is 1.29 bits per heavy atom. The molecular weight excluding hydrogens is 376 g/mol. The van der Waals surface area contributed by atoms with Crippen LogP contribution in [0.4, 0.5) is 0 Å². The summed E-state index contributed by atoms with van der Waals surface area (Å²) in [5.74, 6) is -5.64. The predicted molar refractivity (Wildman–Crippen MR) is 90.6 cm³/mol. The molecule has 4 amide bonds. The Morgan fingerprint density at radius 1 is 0.679 bits per heavy atom. The summed E-state index contributed by atoms with van der Waals surface area (Å²) in [5.41, 5.74) is -1.30. The number of carbonyl (C=O) groups excluding carboxylic acids is 4. The average Bonchev–Trinajstić information content (AvgIpc) is 2.59. The molecule has 0 aromatic heterocycles. The van der Waals surface area contributed by atoms with Crippen molar-refractivity contribution in [3.63, 3.8) is 0 Å². The summed E-state index contributed by atoms with van der Waals surface area (Å²) in [7, 11) is 0. The SMILES string of the molecule is C[C@@H]1NC(=O)[C@H](C/C(C(=O)O)=C(/C[C@@H]2NC(=O)[C@H](C)NC2=O)C(=O)O)NC1=O. The van der Waals surface area contributed by atoms with Crippen LogP contribution in [-0.4, -0.2) is 69.9 Å². The van der Waals surface area contributed by atoms with Crippen molar-refractivity contribution in [1.29, 1.82) is 0 Å². The minimum atomic E-state index is -1.62. The van der Waals surface area contributed by atoms with E-state index in [-0.39, 0.29) is 0 Å². The maximum Gasteiger partial charge on any atom is 0.332 e. The first kappa shape index (κ1) is 20.9. The molecule has 2 aliphatic rings. The molecule has 0 saturated carbocycles. The fourth-order valence-corrected chi connectivity index (χ4v) is 2.86. The van der Waals surface area contributed by atoms with Gasteiger partial charge in [0.05, 0.1) is 11.1 Å². The molecule has 2 saturated heterocycles. The summed E-state index contributed by atoms with van der Waals surface area (Å²) in [6.07, 6.45) is -1.19. The molecular formula is C16H20N4O8. The van der Waals surface area contributed by atoms with Crippen molar-refractivity contribution in [3.8, 4) is 0 Å². The molecule has 4 atom stereocenters. The fourth-order valence-electron chi connectivity index (χ4n) is 2.86. The molecule has 0 spiro atoms. The Labute approximate surface area is 158 Å². The van der Waals surface area contributed by atoms with Crippen LogP contribution in [0.15, 0.2) is 11.1 Å². The van der Waals surface area contributed by atoms with E-state index in [2.05, 4.69) is 21.3 Å². The number of hydrogen-bond donors (Lipinski definition) is 6. The zero-order chi connectivity index (χ0) is 21.2. The number of rotatable bonds is 6. The van der Waals surface area contributed by atoms with Crippen LogP contribution in [0.3, 0.4) is 0 Å². The van der Waals surface area contributed by atoms with Crippen LogP contribution in [-0.2, 0) is 28.8 Å². The van der Waals surface area contributed by atoms with E-state index >= 15 is 0 Å². The number of amides is 4. The van der Waals surface area contributed by atoms with Crippen LogP contribution < -0.4 is 21.3 Å². The van der Waals surface area contributed by atoms with Crippen molar-refractivity contribution in [3.05, 3.63) is 11.1 Å². The number of carboxylic acids is 2. The van der Waals surface area contributed by atoms with Crippen LogP contribution in [0.1, 0.15) is 26.7 Å². The second-order valence-electron chi connectivity index (χ2n) is 6.56. The molecule has 0 bridgehead atoms. The molecule has 12 nitrogen and oxygen atoms in total. The van der Waals surface area contributed by atoms with Gasteiger partial charge in [0.2, 0.25) is 23.6 Å². The zero-order valence-corrected chi connectivity index (χ0v) is 15.1. The van der Waals surface area contributed by atoms with Crippen molar-refractivity contribution < 1.29 is 39.0 Å². The topological polar surface area (TPSA) is 191 Å². The first-order chi connectivity index (χ1) is 13.0. The molecule has 2 heterocycles. The van der Waals surface area contributed by atoms with E-state index in [1.807, 2.05) is 0 Å². The highest BCUT2D eigenvalue weighted by Gasteiger charge is 2.37. The van der Waals surface area contributed by atoms with E-state index in [9.17, 15) is 39.0 Å². The van der Waals surface area contributed by atoms with Gasteiger partial charge < -0.3 is 31.5 Å². The number of carbonyl (C=O) groups is 6. The molecule has 0 aromatic rings. The second-order valence-corrected chi connectivity index (χ2v) is 6.56. The summed E-state index contributed by atoms with van der Waals surface area (Å²) in [5, 5.41) is 28.3. The number of aliphatic carboxylic acids is 2. The van der Waals surface area contributed by atoms with E-state index in [0.717, 1.165) is 0 Å². The highest BCUT2D eigenvalue weighted by molar-refractivity contribution is 6.03. The Balaban J connectivity index is 2.31. The van der Waals surface area contributed by atoms with E-state index in [4.69, 9.17) is 0 Å². The normalized spacial score (nSPS) is 28.4. The van der Waals surface area contributed by atoms with E-state index < -0.39 is 83.7 Å². The Morgan fingerprint density at radius 2 is 1.00 bits per heavy atom. The summed E-state index contributed by atoms with van der Waals surface area (Å²) in [4.78, 5) is 70.8. The van der Waals surface area contributed by atoms with Crippen LogP contribution in [0.25, 0.3) is 0 Å². The maximum atomic E-state index is 12.0. The smallest absolute Gasteiger partial charge is 0.332 e. The van der Waals surface area contributed by atoms with Crippen molar-refractivity contribution in [1.82, 2.24) is 21.3 Å². The van der Waals surface area contributed by atoms with Crippen molar-refractivity contribution in [2.24, 2.45) is 0 Å². The molecule has 12 heteroatoms. The van der Waals surface area contributed by atoms with Crippen molar-refractivity contribution in [2.75, 3.05) is 0 Å². The third-order valence-electron chi connectivity index (χ3n) is 4.47. The Hall–Kier alpha value is -3.44. The first-order valence-electron chi connectivity index (χ1n) is 8.41. The fraction of sp³-hybridized carbons (Fsp3) is 0.500. The van der Waals surface area contributed by atoms with Gasteiger partial charge in [-0.2, -0.15) is 0 Å². The van der Waals surface area contributed by atoms with E-state index in [1.165, 1.54) is 13.8 Å². The molecule has 152 valence electrons. The molecule has 2 fully saturated rings. The first-order valence-corrected chi connectivity index (χ1v) is 8.41. The van der Waals surface area contributed by atoms with Crippen LogP contribution in [0.5, 0.6) is 0 Å². The monoisotopic (exact) mass is 396 g/mol. The lowest BCUT2D eigenvalue weighted by Crippen LogP contribution is -2.61. The molecule has 2 rings (SSSR count). The number of piperazine rings is 2. The third kappa shape index (κ3) is 4.45. The van der Waals surface area contributed by atoms with Crippen LogP contribution >= 0.6 is 0 Å². The minimum Gasteiger partial charge on any atom is -0.478 e. The largest absolute Gasteiger partial charge is 0.478 e. The van der Waals surface area contributed by atoms with Gasteiger partial charge in [0, 0.05) is 12.8 Å². The minimum absolute atomic E-state index is 0.542. The predicted octanol–water partition coefficient (Wildman–Crippen LogP) is -2.76. The summed E-state index contributed by atoms with van der Waals surface area (Å²) in [6, 6.07) is -4.16. The molecule has 6 N–H and O–H groups in total. The lowest BCUT2D eigenvalue weighted by molar-refractivity contribution is -0.138. The quantitative estimate of drug-likeness (QED) is 0.260. The van der Waals surface area contributed by atoms with Gasteiger partial charge in [-0.1, -0.05) is 0 Å². The van der Waals surface area contributed by atoms with Gasteiger partial charge in [0.25, 0.3) is 0 Å². The lowest BCUT2D eigenvalue weighted by Gasteiger charge is -2.29. The zero-order valence-electron chi connectivity index (χ0n) is 15.1. The highest BCUT2D eigenvalue weighted by Crippen LogP contribution is 2.20. The van der Waals surface area contributed by atoms with Crippen molar-refractivity contribution >= 4 is 35.6 Å². The molecule has 0 unspecified atom stereocenters. The molecule has 0 aliphatic carbocycles. The van der Waals surface area contributed by atoms with Crippen LogP contribution in [0, 0.1) is 0 Å². The molecule has 28 heavy (non-hydrogen) atoms. The number of hydrogen-bond acceptors (Lipinski definition) is 6. The molecule has 0 radical (unpaired) electrons. The van der Waals surface area contributed by atoms with Crippen LogP contribution in [0.2, 0.25) is 0 Å². The van der Waals surface area contributed by atoms with Gasteiger partial charge >= 0.3 is 11.9 Å². The average molecular weight is 396 g/mol.